The van der Waals surface area contributed by atoms with Crippen LogP contribution in [-0.2, 0) is 4.79 Å². The summed E-state index contributed by atoms with van der Waals surface area (Å²) in [6.45, 7) is 2.32. The van der Waals surface area contributed by atoms with Crippen molar-refractivity contribution in [2.24, 2.45) is 5.92 Å². The molecule has 5 heteroatoms. The Balaban J connectivity index is 2.03. The number of thiophene rings is 1. The highest BCUT2D eigenvalue weighted by Crippen LogP contribution is 2.25. The number of carboxylic acids is 1. The molecule has 4 nitrogen and oxygen atoms in total. The number of rotatable bonds is 6. The summed E-state index contributed by atoms with van der Waals surface area (Å²) in [6.07, 6.45) is 0.818. The molecule has 1 heterocycles. The smallest absolute Gasteiger partial charge is 0.303 e. The lowest BCUT2D eigenvalue weighted by atomic mass is 10.0. The Labute approximate surface area is 121 Å². The largest absolute Gasteiger partial charge is 0.481 e. The molecule has 0 aliphatic carbocycles. The van der Waals surface area contributed by atoms with Gasteiger partial charge in [0.25, 0.3) is 5.91 Å². The number of amides is 1. The lowest BCUT2D eigenvalue weighted by Gasteiger charge is -2.13. The van der Waals surface area contributed by atoms with Gasteiger partial charge < -0.3 is 10.4 Å². The summed E-state index contributed by atoms with van der Waals surface area (Å²) < 4.78 is 1.08. The highest BCUT2D eigenvalue weighted by molar-refractivity contribution is 7.17. The summed E-state index contributed by atoms with van der Waals surface area (Å²) in [7, 11) is 0. The number of carbonyl (C=O) groups is 2. The zero-order valence-corrected chi connectivity index (χ0v) is 12.1. The van der Waals surface area contributed by atoms with Crippen molar-refractivity contribution in [3.8, 4) is 0 Å². The Morgan fingerprint density at radius 1 is 1.35 bits per heavy atom. The Morgan fingerprint density at radius 3 is 2.80 bits per heavy atom. The van der Waals surface area contributed by atoms with Crippen LogP contribution in [0.2, 0.25) is 0 Å². The van der Waals surface area contributed by atoms with Gasteiger partial charge in [0.2, 0.25) is 0 Å². The van der Waals surface area contributed by atoms with E-state index < -0.39 is 5.97 Å². The molecular weight excluding hydrogens is 274 g/mol. The molecule has 2 N–H and O–H groups in total. The van der Waals surface area contributed by atoms with Crippen LogP contribution in [0.1, 0.15) is 30.1 Å². The third-order valence-electron chi connectivity index (χ3n) is 3.32. The van der Waals surface area contributed by atoms with Gasteiger partial charge in [-0.2, -0.15) is 0 Å². The second-order valence-corrected chi connectivity index (χ2v) is 5.64. The molecular formula is C15H17NO3S. The number of hydrogen-bond acceptors (Lipinski definition) is 3. The topological polar surface area (TPSA) is 66.4 Å². The average molecular weight is 291 g/mol. The fourth-order valence-corrected chi connectivity index (χ4v) is 3.03. The van der Waals surface area contributed by atoms with Crippen molar-refractivity contribution in [2.75, 3.05) is 6.54 Å². The SMILES string of the molecule is CCC(CNC(=O)c1csc2ccccc12)CC(=O)O. The first-order valence-corrected chi connectivity index (χ1v) is 7.46. The summed E-state index contributed by atoms with van der Waals surface area (Å²) in [5.41, 5.74) is 0.663. The molecule has 0 spiro atoms. The maximum atomic E-state index is 12.2. The van der Waals surface area contributed by atoms with Crippen LogP contribution in [-0.4, -0.2) is 23.5 Å². The van der Waals surface area contributed by atoms with Gasteiger partial charge in [-0.05, 0) is 12.0 Å². The second-order valence-electron chi connectivity index (χ2n) is 4.73. The molecule has 0 fully saturated rings. The van der Waals surface area contributed by atoms with Crippen LogP contribution in [0.4, 0.5) is 0 Å². The van der Waals surface area contributed by atoms with Crippen LogP contribution in [0.25, 0.3) is 10.1 Å². The zero-order valence-electron chi connectivity index (χ0n) is 11.3. The van der Waals surface area contributed by atoms with Gasteiger partial charge in [-0.1, -0.05) is 31.5 Å². The maximum Gasteiger partial charge on any atom is 0.303 e. The molecule has 0 radical (unpaired) electrons. The van der Waals surface area contributed by atoms with Gasteiger partial charge in [0.15, 0.2) is 0 Å². The monoisotopic (exact) mass is 291 g/mol. The fraction of sp³-hybridized carbons (Fsp3) is 0.333. The Morgan fingerprint density at radius 2 is 2.10 bits per heavy atom. The predicted octanol–water partition coefficient (Wildman–Crippen LogP) is 3.13. The summed E-state index contributed by atoms with van der Waals surface area (Å²) in [5, 5.41) is 14.4. The van der Waals surface area contributed by atoms with E-state index in [-0.39, 0.29) is 18.2 Å². The molecule has 1 atom stereocenters. The Hall–Kier alpha value is -1.88. The van der Waals surface area contributed by atoms with Crippen molar-refractivity contribution in [3.63, 3.8) is 0 Å². The minimum absolute atomic E-state index is 0.0265. The van der Waals surface area contributed by atoms with Crippen LogP contribution in [0.5, 0.6) is 0 Å². The van der Waals surface area contributed by atoms with Gasteiger partial charge >= 0.3 is 5.97 Å². The summed E-state index contributed by atoms with van der Waals surface area (Å²) in [6, 6.07) is 7.76. The Bertz CT molecular complexity index is 620. The van der Waals surface area contributed by atoms with Crippen molar-refractivity contribution < 1.29 is 14.7 Å². The van der Waals surface area contributed by atoms with E-state index in [0.717, 1.165) is 16.5 Å². The van der Waals surface area contributed by atoms with Crippen LogP contribution >= 0.6 is 11.3 Å². The van der Waals surface area contributed by atoms with E-state index in [0.29, 0.717) is 12.1 Å². The van der Waals surface area contributed by atoms with Crippen molar-refractivity contribution in [1.82, 2.24) is 5.32 Å². The number of carbonyl (C=O) groups excluding carboxylic acids is 1. The first kappa shape index (κ1) is 14.5. The molecule has 1 amide bonds. The van der Waals surface area contributed by atoms with Crippen LogP contribution in [0.3, 0.4) is 0 Å². The number of fused-ring (bicyclic) bond motifs is 1. The van der Waals surface area contributed by atoms with E-state index in [4.69, 9.17) is 5.11 Å². The Kier molecular flexibility index (Phi) is 4.74. The van der Waals surface area contributed by atoms with E-state index in [9.17, 15) is 9.59 Å². The van der Waals surface area contributed by atoms with E-state index >= 15 is 0 Å². The molecule has 2 rings (SSSR count). The standard InChI is InChI=1S/C15H17NO3S/c1-2-10(7-14(17)18)8-16-15(19)12-9-20-13-6-4-3-5-11(12)13/h3-6,9-10H,2,7-8H2,1H3,(H,16,19)(H,17,18). The molecule has 0 bridgehead atoms. The van der Waals surface area contributed by atoms with Gasteiger partial charge in [-0.15, -0.1) is 11.3 Å². The molecule has 20 heavy (non-hydrogen) atoms. The fourth-order valence-electron chi connectivity index (χ4n) is 2.09. The third-order valence-corrected chi connectivity index (χ3v) is 4.28. The first-order chi connectivity index (χ1) is 9.61. The molecule has 1 unspecified atom stereocenters. The van der Waals surface area contributed by atoms with Crippen LogP contribution in [0.15, 0.2) is 29.6 Å². The first-order valence-electron chi connectivity index (χ1n) is 6.58. The third kappa shape index (κ3) is 3.36. The molecule has 1 aromatic carbocycles. The lowest BCUT2D eigenvalue weighted by Crippen LogP contribution is -2.30. The lowest BCUT2D eigenvalue weighted by molar-refractivity contribution is -0.138. The van der Waals surface area contributed by atoms with E-state index in [1.165, 1.54) is 11.3 Å². The molecule has 1 aromatic heterocycles. The number of carboxylic acid groups (broad SMARTS) is 1. The van der Waals surface area contributed by atoms with Gasteiger partial charge in [0, 0.05) is 28.4 Å². The van der Waals surface area contributed by atoms with Crippen molar-refractivity contribution >= 4 is 33.3 Å². The number of hydrogen-bond donors (Lipinski definition) is 2. The molecule has 0 aliphatic rings. The van der Waals surface area contributed by atoms with E-state index in [1.807, 2.05) is 36.6 Å². The summed E-state index contributed by atoms with van der Waals surface area (Å²) in [4.78, 5) is 22.9. The molecule has 0 aliphatic heterocycles. The summed E-state index contributed by atoms with van der Waals surface area (Å²) in [5.74, 6) is -0.986. The zero-order chi connectivity index (χ0) is 14.5. The van der Waals surface area contributed by atoms with Gasteiger partial charge in [0.05, 0.1) is 5.56 Å². The minimum Gasteiger partial charge on any atom is -0.481 e. The molecule has 2 aromatic rings. The molecule has 0 saturated carbocycles. The van der Waals surface area contributed by atoms with Crippen molar-refractivity contribution in [2.45, 2.75) is 19.8 Å². The minimum atomic E-state index is -0.827. The van der Waals surface area contributed by atoms with Crippen LogP contribution in [0, 0.1) is 5.92 Å². The highest BCUT2D eigenvalue weighted by atomic mass is 32.1. The van der Waals surface area contributed by atoms with Crippen molar-refractivity contribution in [1.29, 1.82) is 0 Å². The van der Waals surface area contributed by atoms with Gasteiger partial charge in [0.1, 0.15) is 0 Å². The number of aliphatic carboxylic acids is 1. The second kappa shape index (κ2) is 6.52. The van der Waals surface area contributed by atoms with Gasteiger partial charge in [-0.25, -0.2) is 0 Å². The van der Waals surface area contributed by atoms with E-state index in [2.05, 4.69) is 5.32 Å². The quantitative estimate of drug-likeness (QED) is 0.859. The molecule has 106 valence electrons. The molecule has 0 saturated heterocycles. The summed E-state index contributed by atoms with van der Waals surface area (Å²) >= 11 is 1.54. The number of nitrogens with one attached hydrogen (secondary N) is 1. The highest BCUT2D eigenvalue weighted by Gasteiger charge is 2.15. The maximum absolute atomic E-state index is 12.2. The number of benzene rings is 1. The van der Waals surface area contributed by atoms with E-state index in [1.54, 1.807) is 0 Å². The van der Waals surface area contributed by atoms with Crippen molar-refractivity contribution in [3.05, 3.63) is 35.2 Å². The predicted molar refractivity (Wildman–Crippen MR) is 80.2 cm³/mol. The average Bonchev–Trinajstić information content (AvgIpc) is 2.86. The van der Waals surface area contributed by atoms with Crippen LogP contribution < -0.4 is 5.32 Å². The normalized spacial score (nSPS) is 12.2. The van der Waals surface area contributed by atoms with Gasteiger partial charge in [-0.3, -0.25) is 9.59 Å².